The van der Waals surface area contributed by atoms with E-state index in [1.165, 1.54) is 23.4 Å². The fourth-order valence-electron chi connectivity index (χ4n) is 4.24. The van der Waals surface area contributed by atoms with Crippen LogP contribution in [-0.4, -0.2) is 46.8 Å². The van der Waals surface area contributed by atoms with Crippen LogP contribution in [0.3, 0.4) is 0 Å². The first kappa shape index (κ1) is 25.6. The van der Waals surface area contributed by atoms with E-state index in [4.69, 9.17) is 0 Å². The molecule has 0 bridgehead atoms. The Morgan fingerprint density at radius 3 is 2.42 bits per heavy atom. The van der Waals surface area contributed by atoms with Gasteiger partial charge in [0.25, 0.3) is 0 Å². The minimum atomic E-state index is -0.177. The molecule has 31 heavy (non-hydrogen) atoms. The summed E-state index contributed by atoms with van der Waals surface area (Å²) >= 11 is 0. The minimum Gasteiger partial charge on any atom is -0.354 e. The highest BCUT2D eigenvalue weighted by atomic mass is 127. The molecule has 1 aromatic heterocycles. The van der Waals surface area contributed by atoms with Gasteiger partial charge >= 0.3 is 0 Å². The maximum atomic E-state index is 13.1. The lowest BCUT2D eigenvalue weighted by atomic mass is 10.0. The highest BCUT2D eigenvalue weighted by molar-refractivity contribution is 14.0. The molecule has 2 aromatic rings. The second kappa shape index (κ2) is 12.4. The van der Waals surface area contributed by atoms with Gasteiger partial charge < -0.3 is 10.6 Å². The summed E-state index contributed by atoms with van der Waals surface area (Å²) in [6.45, 7) is 7.98. The predicted octanol–water partition coefficient (Wildman–Crippen LogP) is 3.63. The second-order valence-corrected chi connectivity index (χ2v) is 7.95. The van der Waals surface area contributed by atoms with Crippen LogP contribution in [0, 0.1) is 5.82 Å². The van der Waals surface area contributed by atoms with Crippen LogP contribution >= 0.6 is 24.0 Å². The number of nitrogens with one attached hydrogen (secondary N) is 2. The Kier molecular flexibility index (Phi) is 10.2. The Morgan fingerprint density at radius 2 is 1.84 bits per heavy atom. The molecule has 8 heteroatoms. The number of benzene rings is 1. The summed E-state index contributed by atoms with van der Waals surface area (Å²) < 4.78 is 15.1. The Morgan fingerprint density at radius 1 is 1.16 bits per heavy atom. The van der Waals surface area contributed by atoms with E-state index in [0.717, 1.165) is 69.1 Å². The molecule has 2 N–H and O–H groups in total. The van der Waals surface area contributed by atoms with Crippen molar-refractivity contribution in [3.8, 4) is 0 Å². The average molecular weight is 542 g/mol. The van der Waals surface area contributed by atoms with Crippen LogP contribution in [0.25, 0.3) is 0 Å². The van der Waals surface area contributed by atoms with Crippen molar-refractivity contribution in [2.45, 2.75) is 58.7 Å². The first-order valence-electron chi connectivity index (χ1n) is 11.0. The van der Waals surface area contributed by atoms with Crippen LogP contribution in [0.2, 0.25) is 0 Å². The van der Waals surface area contributed by atoms with Crippen LogP contribution in [0.4, 0.5) is 4.39 Å². The number of halogens is 2. The first-order chi connectivity index (χ1) is 14.5. The van der Waals surface area contributed by atoms with Crippen molar-refractivity contribution in [3.05, 3.63) is 52.6 Å². The standard InChI is InChI=1S/C23H35FN6.HI/c1-5-21-20(22(6-2)29(4)28-21)15-26-23(25-3)27-19-11-13-30(14-12-19)16-17-7-9-18(24)10-8-17;/h7-10,19H,5-6,11-16H2,1-4H3,(H2,25,26,27);1H. The number of nitrogens with zero attached hydrogens (tertiary/aromatic N) is 4. The summed E-state index contributed by atoms with van der Waals surface area (Å²) in [5.74, 6) is 0.670. The van der Waals surface area contributed by atoms with Gasteiger partial charge in [-0.05, 0) is 43.4 Å². The molecule has 2 heterocycles. The number of aliphatic imine (C=N–C) groups is 1. The van der Waals surface area contributed by atoms with Crippen molar-refractivity contribution in [1.82, 2.24) is 25.3 Å². The summed E-state index contributed by atoms with van der Waals surface area (Å²) in [5, 5.41) is 11.7. The molecular formula is C23H36FIN6. The van der Waals surface area contributed by atoms with Crippen LogP contribution in [0.5, 0.6) is 0 Å². The van der Waals surface area contributed by atoms with Gasteiger partial charge in [0, 0.05) is 57.6 Å². The molecular weight excluding hydrogens is 506 g/mol. The van der Waals surface area contributed by atoms with Gasteiger partial charge in [0.15, 0.2) is 5.96 Å². The van der Waals surface area contributed by atoms with Crippen molar-refractivity contribution in [3.63, 3.8) is 0 Å². The summed E-state index contributed by atoms with van der Waals surface area (Å²) in [6.07, 6.45) is 4.03. The number of guanidine groups is 1. The van der Waals surface area contributed by atoms with Gasteiger partial charge in [-0.1, -0.05) is 26.0 Å². The van der Waals surface area contributed by atoms with Crippen LogP contribution in [-0.2, 0) is 33.0 Å². The van der Waals surface area contributed by atoms with Crippen LogP contribution in [0.1, 0.15) is 49.2 Å². The van der Waals surface area contributed by atoms with Crippen molar-refractivity contribution < 1.29 is 4.39 Å². The summed E-state index contributed by atoms with van der Waals surface area (Å²) in [4.78, 5) is 6.86. The Labute approximate surface area is 202 Å². The molecule has 0 saturated carbocycles. The highest BCUT2D eigenvalue weighted by Gasteiger charge is 2.20. The Hall–Kier alpha value is -1.68. The predicted molar refractivity (Wildman–Crippen MR) is 135 cm³/mol. The van der Waals surface area contributed by atoms with Crippen molar-refractivity contribution in [2.24, 2.45) is 12.0 Å². The van der Waals surface area contributed by atoms with Crippen LogP contribution in [0.15, 0.2) is 29.3 Å². The van der Waals surface area contributed by atoms with Crippen molar-refractivity contribution in [2.75, 3.05) is 20.1 Å². The quantitative estimate of drug-likeness (QED) is 0.319. The summed E-state index contributed by atoms with van der Waals surface area (Å²) in [5.41, 5.74) is 4.89. The number of rotatable bonds is 7. The molecule has 1 aromatic carbocycles. The van der Waals surface area contributed by atoms with Gasteiger partial charge in [0.2, 0.25) is 0 Å². The van der Waals surface area contributed by atoms with E-state index in [9.17, 15) is 4.39 Å². The summed E-state index contributed by atoms with van der Waals surface area (Å²) in [7, 11) is 3.85. The van der Waals surface area contributed by atoms with Crippen molar-refractivity contribution in [1.29, 1.82) is 0 Å². The lowest BCUT2D eigenvalue weighted by Gasteiger charge is -2.33. The molecule has 172 valence electrons. The fourth-order valence-corrected chi connectivity index (χ4v) is 4.24. The van der Waals surface area contributed by atoms with E-state index in [0.29, 0.717) is 6.04 Å². The molecule has 0 amide bonds. The largest absolute Gasteiger partial charge is 0.354 e. The zero-order valence-corrected chi connectivity index (χ0v) is 21.4. The van der Waals surface area contributed by atoms with Gasteiger partial charge in [0.1, 0.15) is 5.82 Å². The first-order valence-corrected chi connectivity index (χ1v) is 11.0. The van der Waals surface area contributed by atoms with E-state index >= 15 is 0 Å². The maximum absolute atomic E-state index is 13.1. The zero-order chi connectivity index (χ0) is 21.5. The third-order valence-electron chi connectivity index (χ3n) is 5.93. The molecule has 1 aliphatic rings. The number of aryl methyl sites for hydroxylation is 2. The monoisotopic (exact) mass is 542 g/mol. The van der Waals surface area contributed by atoms with Gasteiger partial charge in [-0.25, -0.2) is 4.39 Å². The number of likely N-dealkylation sites (tertiary alicyclic amines) is 1. The number of aromatic nitrogens is 2. The molecule has 1 aliphatic heterocycles. The van der Waals surface area contributed by atoms with Crippen molar-refractivity contribution >= 4 is 29.9 Å². The third-order valence-corrected chi connectivity index (χ3v) is 5.93. The smallest absolute Gasteiger partial charge is 0.191 e. The average Bonchev–Trinajstić information content (AvgIpc) is 3.08. The lowest BCUT2D eigenvalue weighted by Crippen LogP contribution is -2.48. The van der Waals surface area contributed by atoms with E-state index in [-0.39, 0.29) is 29.8 Å². The molecule has 1 saturated heterocycles. The second-order valence-electron chi connectivity index (χ2n) is 7.95. The molecule has 0 atom stereocenters. The van der Waals surface area contributed by atoms with E-state index < -0.39 is 0 Å². The number of hydrogen-bond donors (Lipinski definition) is 2. The minimum absolute atomic E-state index is 0. The van der Waals surface area contributed by atoms with E-state index in [1.807, 2.05) is 30.9 Å². The molecule has 0 unspecified atom stereocenters. The Balaban J connectivity index is 0.00000341. The van der Waals surface area contributed by atoms with E-state index in [1.54, 1.807) is 0 Å². The molecule has 6 nitrogen and oxygen atoms in total. The number of hydrogen-bond acceptors (Lipinski definition) is 3. The normalized spacial score (nSPS) is 15.6. The zero-order valence-electron chi connectivity index (χ0n) is 19.1. The summed E-state index contributed by atoms with van der Waals surface area (Å²) in [6, 6.07) is 7.23. The highest BCUT2D eigenvalue weighted by Crippen LogP contribution is 2.16. The lowest BCUT2D eigenvalue weighted by molar-refractivity contribution is 0.198. The maximum Gasteiger partial charge on any atom is 0.191 e. The van der Waals surface area contributed by atoms with Crippen LogP contribution < -0.4 is 10.6 Å². The molecule has 0 radical (unpaired) electrons. The molecule has 0 aliphatic carbocycles. The molecule has 0 spiro atoms. The van der Waals surface area contributed by atoms with E-state index in [2.05, 4.69) is 39.5 Å². The van der Waals surface area contributed by atoms with Gasteiger partial charge in [0.05, 0.1) is 5.69 Å². The fraction of sp³-hybridized carbons (Fsp3) is 0.565. The molecule has 3 rings (SSSR count). The third kappa shape index (κ3) is 6.90. The Bertz CT molecular complexity index is 840. The SMILES string of the molecule is CCc1nn(C)c(CC)c1CNC(=NC)NC1CCN(Cc2ccc(F)cc2)CC1.I. The van der Waals surface area contributed by atoms with Gasteiger partial charge in [-0.15, -0.1) is 24.0 Å². The molecule has 1 fully saturated rings. The van der Waals surface area contributed by atoms with Gasteiger partial charge in [-0.2, -0.15) is 5.10 Å². The topological polar surface area (TPSA) is 57.5 Å². The number of piperidine rings is 1. The van der Waals surface area contributed by atoms with Gasteiger partial charge in [-0.3, -0.25) is 14.6 Å².